The highest BCUT2D eigenvalue weighted by Crippen LogP contribution is 2.20. The summed E-state index contributed by atoms with van der Waals surface area (Å²) in [5.41, 5.74) is 3.01. The van der Waals surface area contributed by atoms with Crippen LogP contribution < -0.4 is 5.32 Å². The van der Waals surface area contributed by atoms with Crippen LogP contribution in [0.15, 0.2) is 42.0 Å². The van der Waals surface area contributed by atoms with Crippen LogP contribution in [0, 0.1) is 13.8 Å². The van der Waals surface area contributed by atoms with Gasteiger partial charge in [-0.3, -0.25) is 9.78 Å². The fraction of sp³-hybridized carbons (Fsp3) is 0.125. The summed E-state index contributed by atoms with van der Waals surface area (Å²) < 4.78 is 0. The van der Waals surface area contributed by atoms with E-state index in [2.05, 4.69) is 20.3 Å². The molecule has 1 amide bonds. The standard InChI is InChI=1S/C16H14N4OS/c1-10-6-13(12-4-3-5-17-8-12)7-14(18-10)16(21)20-15-9-22-11(2)19-15/h3-9H,1-2H3,(H,20,21). The Morgan fingerprint density at radius 1 is 1.18 bits per heavy atom. The minimum atomic E-state index is -0.265. The van der Waals surface area contributed by atoms with Crippen LogP contribution in [-0.2, 0) is 0 Å². The number of aromatic nitrogens is 3. The topological polar surface area (TPSA) is 67.8 Å². The van der Waals surface area contributed by atoms with Gasteiger partial charge in [-0.2, -0.15) is 0 Å². The smallest absolute Gasteiger partial charge is 0.275 e. The second kappa shape index (κ2) is 6.03. The molecule has 0 aliphatic carbocycles. The Bertz CT molecular complexity index is 814. The van der Waals surface area contributed by atoms with E-state index in [-0.39, 0.29) is 5.91 Å². The van der Waals surface area contributed by atoms with Crippen LogP contribution in [0.4, 0.5) is 5.82 Å². The summed E-state index contributed by atoms with van der Waals surface area (Å²) in [5.74, 6) is 0.290. The molecule has 0 aromatic carbocycles. The third-order valence-corrected chi connectivity index (χ3v) is 3.82. The first-order valence-electron chi connectivity index (χ1n) is 6.74. The molecule has 0 saturated carbocycles. The molecule has 110 valence electrons. The van der Waals surface area contributed by atoms with E-state index in [1.807, 2.05) is 37.4 Å². The predicted molar refractivity (Wildman–Crippen MR) is 87.0 cm³/mol. The number of nitrogens with one attached hydrogen (secondary N) is 1. The van der Waals surface area contributed by atoms with E-state index in [1.54, 1.807) is 18.5 Å². The minimum absolute atomic E-state index is 0.265. The van der Waals surface area contributed by atoms with Crippen LogP contribution in [-0.4, -0.2) is 20.9 Å². The second-order valence-corrected chi connectivity index (χ2v) is 5.89. The summed E-state index contributed by atoms with van der Waals surface area (Å²) in [6.45, 7) is 3.76. The van der Waals surface area contributed by atoms with Crippen LogP contribution >= 0.6 is 11.3 Å². The Labute approximate surface area is 132 Å². The molecule has 3 rings (SSSR count). The number of carbonyl (C=O) groups is 1. The molecule has 0 saturated heterocycles. The summed E-state index contributed by atoms with van der Waals surface area (Å²) in [6.07, 6.45) is 3.48. The van der Waals surface area contributed by atoms with Crippen molar-refractivity contribution in [2.75, 3.05) is 5.32 Å². The van der Waals surface area contributed by atoms with Gasteiger partial charge >= 0.3 is 0 Å². The summed E-state index contributed by atoms with van der Waals surface area (Å²) >= 11 is 1.49. The molecule has 0 atom stereocenters. The second-order valence-electron chi connectivity index (χ2n) is 4.83. The molecule has 3 aromatic heterocycles. The van der Waals surface area contributed by atoms with Crippen LogP contribution in [0.5, 0.6) is 0 Å². The SMILES string of the molecule is Cc1cc(-c2cccnc2)cc(C(=O)Nc2csc(C)n2)n1. The quantitative estimate of drug-likeness (QED) is 0.804. The largest absolute Gasteiger partial charge is 0.305 e. The molecule has 0 bridgehead atoms. The van der Waals surface area contributed by atoms with Gasteiger partial charge in [0.25, 0.3) is 5.91 Å². The van der Waals surface area contributed by atoms with Crippen LogP contribution in [0.25, 0.3) is 11.1 Å². The monoisotopic (exact) mass is 310 g/mol. The molecule has 0 fully saturated rings. The molecule has 3 heterocycles. The normalized spacial score (nSPS) is 10.5. The molecule has 0 spiro atoms. The lowest BCUT2D eigenvalue weighted by molar-refractivity contribution is 0.102. The Morgan fingerprint density at radius 2 is 2.05 bits per heavy atom. The first-order chi connectivity index (χ1) is 10.6. The highest BCUT2D eigenvalue weighted by Gasteiger charge is 2.12. The molecule has 22 heavy (non-hydrogen) atoms. The van der Waals surface area contributed by atoms with Crippen molar-refractivity contribution in [3.05, 3.63) is 58.4 Å². The van der Waals surface area contributed by atoms with E-state index in [0.717, 1.165) is 21.8 Å². The predicted octanol–water partition coefficient (Wildman–Crippen LogP) is 3.47. The molecule has 6 heteroatoms. The Balaban J connectivity index is 1.90. The van der Waals surface area contributed by atoms with Gasteiger partial charge < -0.3 is 5.32 Å². The Hall–Kier alpha value is -2.60. The van der Waals surface area contributed by atoms with E-state index in [0.29, 0.717) is 11.5 Å². The summed E-state index contributed by atoms with van der Waals surface area (Å²) in [7, 11) is 0. The number of hydrogen-bond donors (Lipinski definition) is 1. The Kier molecular flexibility index (Phi) is 3.93. The van der Waals surface area contributed by atoms with Gasteiger partial charge in [-0.05, 0) is 37.6 Å². The maximum atomic E-state index is 12.3. The maximum absolute atomic E-state index is 12.3. The molecular weight excluding hydrogens is 296 g/mol. The number of nitrogens with zero attached hydrogens (tertiary/aromatic N) is 3. The van der Waals surface area contributed by atoms with Crippen molar-refractivity contribution >= 4 is 23.1 Å². The van der Waals surface area contributed by atoms with Gasteiger partial charge in [0.2, 0.25) is 0 Å². The molecule has 3 aromatic rings. The number of pyridine rings is 2. The van der Waals surface area contributed by atoms with Crippen LogP contribution in [0.1, 0.15) is 21.2 Å². The van der Waals surface area contributed by atoms with Gasteiger partial charge in [-0.1, -0.05) is 6.07 Å². The van der Waals surface area contributed by atoms with Gasteiger partial charge in [0, 0.05) is 29.0 Å². The summed E-state index contributed by atoms with van der Waals surface area (Å²) in [4.78, 5) is 25.0. The summed E-state index contributed by atoms with van der Waals surface area (Å²) in [6, 6.07) is 7.51. The average Bonchev–Trinajstić information content (AvgIpc) is 2.92. The van der Waals surface area contributed by atoms with Crippen molar-refractivity contribution in [3.63, 3.8) is 0 Å². The average molecular weight is 310 g/mol. The van der Waals surface area contributed by atoms with Crippen LogP contribution in [0.2, 0.25) is 0 Å². The number of hydrogen-bond acceptors (Lipinski definition) is 5. The maximum Gasteiger partial charge on any atom is 0.275 e. The molecule has 0 aliphatic heterocycles. The van der Waals surface area contributed by atoms with Crippen molar-refractivity contribution in [2.24, 2.45) is 0 Å². The molecule has 0 aliphatic rings. The molecular formula is C16H14N4OS. The number of amides is 1. The highest BCUT2D eigenvalue weighted by atomic mass is 32.1. The zero-order valence-corrected chi connectivity index (χ0v) is 13.0. The van der Waals surface area contributed by atoms with Gasteiger partial charge in [0.05, 0.1) is 5.01 Å². The van der Waals surface area contributed by atoms with E-state index >= 15 is 0 Å². The van der Waals surface area contributed by atoms with Gasteiger partial charge in [-0.25, -0.2) is 9.97 Å². The number of carbonyl (C=O) groups excluding carboxylic acids is 1. The van der Waals surface area contributed by atoms with Crippen molar-refractivity contribution in [2.45, 2.75) is 13.8 Å². The summed E-state index contributed by atoms with van der Waals surface area (Å²) in [5, 5.41) is 5.48. The van der Waals surface area contributed by atoms with Gasteiger partial charge in [0.1, 0.15) is 11.5 Å². The van der Waals surface area contributed by atoms with E-state index in [1.165, 1.54) is 11.3 Å². The molecule has 0 unspecified atom stereocenters. The number of thiazole rings is 1. The molecule has 0 radical (unpaired) electrons. The Morgan fingerprint density at radius 3 is 2.73 bits per heavy atom. The van der Waals surface area contributed by atoms with E-state index in [9.17, 15) is 4.79 Å². The molecule has 5 nitrogen and oxygen atoms in total. The third kappa shape index (κ3) is 3.17. The zero-order chi connectivity index (χ0) is 15.5. The fourth-order valence-electron chi connectivity index (χ4n) is 2.09. The third-order valence-electron chi connectivity index (χ3n) is 3.04. The van der Waals surface area contributed by atoms with Gasteiger partial charge in [-0.15, -0.1) is 11.3 Å². The fourth-order valence-corrected chi connectivity index (χ4v) is 2.63. The van der Waals surface area contributed by atoms with Crippen molar-refractivity contribution in [1.82, 2.24) is 15.0 Å². The van der Waals surface area contributed by atoms with E-state index < -0.39 is 0 Å². The van der Waals surface area contributed by atoms with Crippen molar-refractivity contribution in [1.29, 1.82) is 0 Å². The lowest BCUT2D eigenvalue weighted by Crippen LogP contribution is -2.14. The van der Waals surface area contributed by atoms with E-state index in [4.69, 9.17) is 0 Å². The zero-order valence-electron chi connectivity index (χ0n) is 12.2. The number of rotatable bonds is 3. The van der Waals surface area contributed by atoms with Crippen molar-refractivity contribution in [3.8, 4) is 11.1 Å². The first-order valence-corrected chi connectivity index (χ1v) is 7.62. The van der Waals surface area contributed by atoms with Crippen molar-refractivity contribution < 1.29 is 4.79 Å². The highest BCUT2D eigenvalue weighted by molar-refractivity contribution is 7.09. The van der Waals surface area contributed by atoms with Crippen LogP contribution in [0.3, 0.4) is 0 Å². The lowest BCUT2D eigenvalue weighted by atomic mass is 10.1. The molecule has 1 N–H and O–H groups in total. The van der Waals surface area contributed by atoms with Gasteiger partial charge in [0.15, 0.2) is 0 Å². The lowest BCUT2D eigenvalue weighted by Gasteiger charge is -2.07. The number of anilines is 1. The first kappa shape index (κ1) is 14.3. The number of aryl methyl sites for hydroxylation is 2. The minimum Gasteiger partial charge on any atom is -0.305 e.